The van der Waals surface area contributed by atoms with E-state index in [1.807, 2.05) is 36.4 Å². The molecular formula is C25H20ClN3O2. The second-order valence-electron chi connectivity index (χ2n) is 7.01. The molecule has 2 N–H and O–H groups in total. The van der Waals surface area contributed by atoms with Crippen molar-refractivity contribution >= 4 is 45.6 Å². The van der Waals surface area contributed by atoms with Crippen LogP contribution in [0.15, 0.2) is 79.0 Å². The zero-order valence-electron chi connectivity index (χ0n) is 16.9. The van der Waals surface area contributed by atoms with Gasteiger partial charge in [0, 0.05) is 40.5 Å². The van der Waals surface area contributed by atoms with E-state index < -0.39 is 0 Å². The van der Waals surface area contributed by atoms with Crippen LogP contribution < -0.4 is 10.6 Å². The number of benzene rings is 3. The van der Waals surface area contributed by atoms with Crippen molar-refractivity contribution in [2.75, 3.05) is 10.6 Å². The van der Waals surface area contributed by atoms with Gasteiger partial charge in [0.25, 0.3) is 5.91 Å². The normalized spacial score (nSPS) is 10.6. The lowest BCUT2D eigenvalue weighted by atomic mass is 10.0. The van der Waals surface area contributed by atoms with Crippen molar-refractivity contribution in [2.45, 2.75) is 13.3 Å². The Morgan fingerprint density at radius 1 is 0.903 bits per heavy atom. The number of anilines is 2. The van der Waals surface area contributed by atoms with Crippen LogP contribution in [0.2, 0.25) is 5.02 Å². The number of aromatic nitrogens is 1. The number of halogens is 1. The quantitative estimate of drug-likeness (QED) is 0.399. The van der Waals surface area contributed by atoms with Gasteiger partial charge in [0.2, 0.25) is 5.91 Å². The van der Waals surface area contributed by atoms with Crippen molar-refractivity contribution in [3.05, 3.63) is 89.6 Å². The minimum absolute atomic E-state index is 0.0760. The van der Waals surface area contributed by atoms with Crippen LogP contribution in [0.1, 0.15) is 23.7 Å². The largest absolute Gasteiger partial charge is 0.326 e. The highest BCUT2D eigenvalue weighted by Crippen LogP contribution is 2.33. The maximum absolute atomic E-state index is 12.7. The number of nitrogens with one attached hydrogen (secondary N) is 2. The lowest BCUT2D eigenvalue weighted by Gasteiger charge is -2.11. The lowest BCUT2D eigenvalue weighted by Crippen LogP contribution is -2.13. The molecule has 1 aromatic heterocycles. The lowest BCUT2D eigenvalue weighted by molar-refractivity contribution is -0.115. The molecule has 0 aliphatic heterocycles. The van der Waals surface area contributed by atoms with Crippen LogP contribution in [0, 0.1) is 0 Å². The maximum atomic E-state index is 12.7. The molecule has 0 radical (unpaired) electrons. The van der Waals surface area contributed by atoms with Crippen molar-refractivity contribution < 1.29 is 9.59 Å². The first-order valence-electron chi connectivity index (χ1n) is 9.90. The smallest absolute Gasteiger partial charge is 0.255 e. The Kier molecular flexibility index (Phi) is 5.96. The Labute approximate surface area is 185 Å². The van der Waals surface area contributed by atoms with Crippen LogP contribution in [-0.4, -0.2) is 16.8 Å². The topological polar surface area (TPSA) is 71.1 Å². The molecule has 4 aromatic rings. The average molecular weight is 430 g/mol. The first kappa shape index (κ1) is 20.6. The van der Waals surface area contributed by atoms with E-state index in [-0.39, 0.29) is 11.8 Å². The van der Waals surface area contributed by atoms with E-state index in [0.29, 0.717) is 28.4 Å². The van der Waals surface area contributed by atoms with Crippen molar-refractivity contribution in [1.82, 2.24) is 4.98 Å². The molecule has 0 bridgehead atoms. The number of hydrogen-bond acceptors (Lipinski definition) is 3. The summed E-state index contributed by atoms with van der Waals surface area (Å²) in [4.78, 5) is 28.7. The molecule has 3 aromatic carbocycles. The Balaban J connectivity index is 1.59. The van der Waals surface area contributed by atoms with Gasteiger partial charge < -0.3 is 10.6 Å². The van der Waals surface area contributed by atoms with E-state index in [0.717, 1.165) is 22.0 Å². The summed E-state index contributed by atoms with van der Waals surface area (Å²) in [6.45, 7) is 1.78. The number of rotatable bonds is 5. The van der Waals surface area contributed by atoms with E-state index in [9.17, 15) is 9.59 Å². The van der Waals surface area contributed by atoms with Gasteiger partial charge in [-0.15, -0.1) is 0 Å². The molecule has 5 nitrogen and oxygen atoms in total. The van der Waals surface area contributed by atoms with Gasteiger partial charge in [0.05, 0.1) is 10.7 Å². The summed E-state index contributed by atoms with van der Waals surface area (Å²) in [5.74, 6) is -0.333. The first-order chi connectivity index (χ1) is 15.0. The molecule has 0 atom stereocenters. The summed E-state index contributed by atoms with van der Waals surface area (Å²) in [6, 6.07) is 22.0. The highest BCUT2D eigenvalue weighted by molar-refractivity contribution is 6.33. The van der Waals surface area contributed by atoms with Crippen LogP contribution in [-0.2, 0) is 4.79 Å². The molecule has 0 spiro atoms. The number of nitrogens with zero attached hydrogens (tertiary/aromatic N) is 1. The fourth-order valence-electron chi connectivity index (χ4n) is 3.28. The first-order valence-corrected chi connectivity index (χ1v) is 10.3. The molecule has 0 aliphatic carbocycles. The molecule has 0 saturated heterocycles. The standard InChI is InChI=1S/C25H20ClN3O2/c1-2-23(30)28-18-9-7-17(8-10-18)25(31)29-19-11-12-22(26)21(15-19)24-20-6-4-3-5-16(20)13-14-27-24/h3-15H,2H2,1H3,(H,28,30)(H,29,31). The minimum Gasteiger partial charge on any atom is -0.326 e. The molecule has 4 rings (SSSR count). The molecule has 0 unspecified atom stereocenters. The number of fused-ring (bicyclic) bond motifs is 1. The molecule has 0 saturated carbocycles. The van der Waals surface area contributed by atoms with Crippen molar-refractivity contribution in [2.24, 2.45) is 0 Å². The van der Waals surface area contributed by atoms with Gasteiger partial charge >= 0.3 is 0 Å². The third-order valence-corrected chi connectivity index (χ3v) is 5.23. The molecular weight excluding hydrogens is 410 g/mol. The van der Waals surface area contributed by atoms with Gasteiger partial charge in [-0.1, -0.05) is 42.8 Å². The molecule has 0 fully saturated rings. The Hall–Kier alpha value is -3.70. The van der Waals surface area contributed by atoms with Crippen LogP contribution in [0.3, 0.4) is 0 Å². The van der Waals surface area contributed by atoms with Gasteiger partial charge in [0.1, 0.15) is 0 Å². The van der Waals surface area contributed by atoms with Gasteiger partial charge in [-0.05, 0) is 53.9 Å². The van der Waals surface area contributed by atoms with Crippen molar-refractivity contribution in [3.63, 3.8) is 0 Å². The second-order valence-corrected chi connectivity index (χ2v) is 7.42. The summed E-state index contributed by atoms with van der Waals surface area (Å²) in [5.41, 5.74) is 3.25. The van der Waals surface area contributed by atoms with Crippen LogP contribution in [0.25, 0.3) is 22.0 Å². The van der Waals surface area contributed by atoms with Crippen molar-refractivity contribution in [3.8, 4) is 11.3 Å². The SMILES string of the molecule is CCC(=O)Nc1ccc(C(=O)Nc2ccc(Cl)c(-c3nccc4ccccc34)c2)cc1. The summed E-state index contributed by atoms with van der Waals surface area (Å²) >= 11 is 6.47. The fraction of sp³-hybridized carbons (Fsp3) is 0.0800. The van der Waals surface area contributed by atoms with Gasteiger partial charge in [-0.2, -0.15) is 0 Å². The second kappa shape index (κ2) is 8.98. The van der Waals surface area contributed by atoms with Crippen molar-refractivity contribution in [1.29, 1.82) is 0 Å². The van der Waals surface area contributed by atoms with E-state index in [1.54, 1.807) is 49.5 Å². The monoisotopic (exact) mass is 429 g/mol. The van der Waals surface area contributed by atoms with Crippen LogP contribution >= 0.6 is 11.6 Å². The zero-order chi connectivity index (χ0) is 21.8. The number of carbonyl (C=O) groups is 2. The predicted molar refractivity (Wildman–Crippen MR) is 126 cm³/mol. The molecule has 0 aliphatic rings. The Bertz CT molecular complexity index is 1260. The Morgan fingerprint density at radius 3 is 2.42 bits per heavy atom. The summed E-state index contributed by atoms with van der Waals surface area (Å²) < 4.78 is 0. The third-order valence-electron chi connectivity index (χ3n) is 4.90. The van der Waals surface area contributed by atoms with Gasteiger partial charge in [-0.3, -0.25) is 14.6 Å². The summed E-state index contributed by atoms with van der Waals surface area (Å²) in [7, 11) is 0. The van der Waals surface area contributed by atoms with Crippen LogP contribution in [0.4, 0.5) is 11.4 Å². The highest BCUT2D eigenvalue weighted by atomic mass is 35.5. The third kappa shape index (κ3) is 4.57. The molecule has 1 heterocycles. The minimum atomic E-state index is -0.257. The van der Waals surface area contributed by atoms with E-state index >= 15 is 0 Å². The number of amides is 2. The number of hydrogen-bond donors (Lipinski definition) is 2. The highest BCUT2D eigenvalue weighted by Gasteiger charge is 2.12. The molecule has 31 heavy (non-hydrogen) atoms. The zero-order valence-corrected chi connectivity index (χ0v) is 17.6. The average Bonchev–Trinajstić information content (AvgIpc) is 2.80. The number of carbonyl (C=O) groups excluding carboxylic acids is 2. The number of pyridine rings is 1. The van der Waals surface area contributed by atoms with Crippen LogP contribution in [0.5, 0.6) is 0 Å². The van der Waals surface area contributed by atoms with E-state index in [2.05, 4.69) is 15.6 Å². The Morgan fingerprint density at radius 2 is 1.65 bits per heavy atom. The maximum Gasteiger partial charge on any atom is 0.255 e. The van der Waals surface area contributed by atoms with E-state index in [4.69, 9.17) is 11.6 Å². The van der Waals surface area contributed by atoms with E-state index in [1.165, 1.54) is 0 Å². The molecule has 6 heteroatoms. The summed E-state index contributed by atoms with van der Waals surface area (Å²) in [6.07, 6.45) is 2.14. The van der Waals surface area contributed by atoms with Gasteiger partial charge in [0.15, 0.2) is 0 Å². The molecule has 154 valence electrons. The van der Waals surface area contributed by atoms with Gasteiger partial charge in [-0.25, -0.2) is 0 Å². The molecule has 2 amide bonds. The summed E-state index contributed by atoms with van der Waals surface area (Å²) in [5, 5.41) is 8.27. The predicted octanol–water partition coefficient (Wildman–Crippen LogP) is 6.16. The fourth-order valence-corrected chi connectivity index (χ4v) is 3.48.